The summed E-state index contributed by atoms with van der Waals surface area (Å²) in [5, 5.41) is 3.13. The summed E-state index contributed by atoms with van der Waals surface area (Å²) in [4.78, 5) is 15.7. The van der Waals surface area contributed by atoms with Crippen LogP contribution in [0.5, 0.6) is 0 Å². The van der Waals surface area contributed by atoms with Gasteiger partial charge in [0.1, 0.15) is 0 Å². The van der Waals surface area contributed by atoms with Gasteiger partial charge in [0.05, 0.1) is 11.2 Å². The van der Waals surface area contributed by atoms with E-state index in [4.69, 9.17) is 4.74 Å². The molecule has 2 heterocycles. The van der Waals surface area contributed by atoms with Crippen LogP contribution in [0.1, 0.15) is 51.9 Å². The number of allylic oxidation sites excluding steroid dienone is 2. The average molecular weight is 431 g/mol. The van der Waals surface area contributed by atoms with Crippen molar-refractivity contribution in [3.63, 3.8) is 0 Å². The van der Waals surface area contributed by atoms with Gasteiger partial charge in [-0.2, -0.15) is 0 Å². The lowest BCUT2D eigenvalue weighted by molar-refractivity contribution is -0.137. The van der Waals surface area contributed by atoms with Crippen LogP contribution in [0.15, 0.2) is 65.3 Å². The van der Waals surface area contributed by atoms with Crippen molar-refractivity contribution < 1.29 is 9.53 Å². The van der Waals surface area contributed by atoms with E-state index in [0.29, 0.717) is 12.0 Å². The van der Waals surface area contributed by atoms with Crippen LogP contribution >= 0.6 is 0 Å². The molecule has 1 amide bonds. The van der Waals surface area contributed by atoms with Gasteiger partial charge in [0.25, 0.3) is 5.91 Å². The SMILES string of the molecule is CN(C)[C@@H]1CCC2=CC3=CC[C@]4(C)C(C(=O)Nc5ccccc5)=CC[C@H]4[C@@]34CCC2(C1)O4. The van der Waals surface area contributed by atoms with Crippen LogP contribution in [0.3, 0.4) is 0 Å². The Hall–Kier alpha value is -2.17. The number of ether oxygens (including phenoxy) is 1. The molecule has 2 bridgehead atoms. The van der Waals surface area contributed by atoms with E-state index in [-0.39, 0.29) is 22.5 Å². The van der Waals surface area contributed by atoms with Crippen molar-refractivity contribution in [2.24, 2.45) is 11.3 Å². The van der Waals surface area contributed by atoms with Crippen LogP contribution in [0, 0.1) is 11.3 Å². The summed E-state index contributed by atoms with van der Waals surface area (Å²) in [7, 11) is 4.40. The standard InChI is InChI=1S/C28H34N2O2/c1-26-14-13-20-17-19-9-10-22(30(2)3)18-27(19)15-16-28(20,32-27)24(26)12-11-23(26)25(31)29-21-7-5-4-6-8-21/h4-8,11,13,17,22,24H,9-10,12,14-16,18H2,1-3H3,(H,29,31)/t22-,24-,26-,27?,28-/m1/s1. The molecule has 1 N–H and O–H groups in total. The Morgan fingerprint density at radius 3 is 2.75 bits per heavy atom. The fraction of sp³-hybridized carbons (Fsp3) is 0.536. The third-order valence-corrected chi connectivity index (χ3v) is 9.25. The third-order valence-electron chi connectivity index (χ3n) is 9.25. The van der Waals surface area contributed by atoms with Gasteiger partial charge in [-0.15, -0.1) is 0 Å². The second kappa shape index (κ2) is 6.91. The predicted molar refractivity (Wildman–Crippen MR) is 127 cm³/mol. The number of nitrogens with zero attached hydrogens (tertiary/aromatic N) is 1. The Bertz CT molecular complexity index is 1050. The molecule has 5 atom stereocenters. The summed E-state index contributed by atoms with van der Waals surface area (Å²) in [6, 6.07) is 10.4. The normalized spacial score (nSPS) is 39.4. The molecule has 0 aromatic heterocycles. The van der Waals surface area contributed by atoms with Gasteiger partial charge in [-0.3, -0.25) is 4.79 Å². The first-order valence-corrected chi connectivity index (χ1v) is 12.2. The Balaban J connectivity index is 1.32. The third kappa shape index (κ3) is 2.72. The maximum atomic E-state index is 13.3. The molecule has 168 valence electrons. The zero-order valence-electron chi connectivity index (χ0n) is 19.5. The van der Waals surface area contributed by atoms with E-state index in [1.807, 2.05) is 30.3 Å². The average Bonchev–Trinajstić information content (AvgIpc) is 3.29. The number of amides is 1. The fourth-order valence-corrected chi connectivity index (χ4v) is 7.48. The number of hydrogen-bond donors (Lipinski definition) is 1. The lowest BCUT2D eigenvalue weighted by atomic mass is 9.59. The summed E-state index contributed by atoms with van der Waals surface area (Å²) in [5.74, 6) is 0.364. The lowest BCUT2D eigenvalue weighted by Gasteiger charge is -2.54. The minimum atomic E-state index is -0.240. The van der Waals surface area contributed by atoms with Crippen molar-refractivity contribution >= 4 is 11.6 Å². The molecule has 1 saturated carbocycles. The second-order valence-corrected chi connectivity index (χ2v) is 11.0. The number of rotatable bonds is 3. The maximum absolute atomic E-state index is 13.3. The highest BCUT2D eigenvalue weighted by atomic mass is 16.5. The van der Waals surface area contributed by atoms with Crippen LogP contribution in [0.2, 0.25) is 0 Å². The molecule has 6 rings (SSSR count). The topological polar surface area (TPSA) is 41.6 Å². The van der Waals surface area contributed by atoms with E-state index in [9.17, 15) is 4.79 Å². The number of fused-ring (bicyclic) bond motifs is 1. The summed E-state index contributed by atoms with van der Waals surface area (Å²) < 4.78 is 7.26. The predicted octanol–water partition coefficient (Wildman–Crippen LogP) is 5.25. The number of carbonyl (C=O) groups excluding carboxylic acids is 1. The molecule has 4 nitrogen and oxygen atoms in total. The summed E-state index contributed by atoms with van der Waals surface area (Å²) in [6.45, 7) is 2.29. The van der Waals surface area contributed by atoms with Crippen LogP contribution in [0.25, 0.3) is 0 Å². The van der Waals surface area contributed by atoms with E-state index in [2.05, 4.69) is 49.5 Å². The molecule has 5 aliphatic rings. The Labute approximate surface area is 191 Å². The second-order valence-electron chi connectivity index (χ2n) is 11.0. The molecule has 4 heteroatoms. The molecule has 1 saturated heterocycles. The van der Waals surface area contributed by atoms with E-state index in [1.54, 1.807) is 0 Å². The quantitative estimate of drug-likeness (QED) is 0.712. The van der Waals surface area contributed by atoms with Gasteiger partial charge in [-0.1, -0.05) is 43.4 Å². The molecule has 1 aromatic carbocycles. The van der Waals surface area contributed by atoms with Gasteiger partial charge < -0.3 is 15.0 Å². The number of carbonyl (C=O) groups is 1. The van der Waals surface area contributed by atoms with E-state index < -0.39 is 0 Å². The zero-order chi connectivity index (χ0) is 22.1. The number of hydrogen-bond acceptors (Lipinski definition) is 3. The van der Waals surface area contributed by atoms with Gasteiger partial charge in [-0.25, -0.2) is 0 Å². The number of anilines is 1. The fourth-order valence-electron chi connectivity index (χ4n) is 7.48. The van der Waals surface area contributed by atoms with Crippen molar-refractivity contribution in [3.8, 4) is 0 Å². The molecule has 32 heavy (non-hydrogen) atoms. The molecule has 2 spiro atoms. The van der Waals surface area contributed by atoms with Gasteiger partial charge in [0.2, 0.25) is 0 Å². The summed E-state index contributed by atoms with van der Waals surface area (Å²) in [5.41, 5.74) is 4.18. The first kappa shape index (κ1) is 20.4. The van der Waals surface area contributed by atoms with Crippen molar-refractivity contribution in [3.05, 3.63) is 65.3 Å². The lowest BCUT2D eigenvalue weighted by Crippen LogP contribution is -2.55. The van der Waals surface area contributed by atoms with Crippen LogP contribution in [-0.2, 0) is 9.53 Å². The monoisotopic (exact) mass is 430 g/mol. The first-order valence-electron chi connectivity index (χ1n) is 12.2. The van der Waals surface area contributed by atoms with Gasteiger partial charge in [0, 0.05) is 28.6 Å². The Kier molecular flexibility index (Phi) is 4.42. The highest BCUT2D eigenvalue weighted by Gasteiger charge is 2.65. The maximum Gasteiger partial charge on any atom is 0.251 e. The van der Waals surface area contributed by atoms with Crippen molar-refractivity contribution in [1.82, 2.24) is 4.90 Å². The molecule has 3 aliphatic carbocycles. The summed E-state index contributed by atoms with van der Waals surface area (Å²) >= 11 is 0. The number of para-hydroxylation sites is 1. The minimum absolute atomic E-state index is 0.0412. The molecule has 1 unspecified atom stereocenters. The van der Waals surface area contributed by atoms with Crippen molar-refractivity contribution in [1.29, 1.82) is 0 Å². The number of benzene rings is 1. The molecular formula is C28H34N2O2. The Morgan fingerprint density at radius 1 is 1.16 bits per heavy atom. The summed E-state index contributed by atoms with van der Waals surface area (Å²) in [6.07, 6.45) is 14.6. The molecule has 2 aliphatic heterocycles. The largest absolute Gasteiger partial charge is 0.359 e. The van der Waals surface area contributed by atoms with Gasteiger partial charge in [-0.05, 0) is 82.3 Å². The van der Waals surface area contributed by atoms with Crippen LogP contribution in [-0.4, -0.2) is 42.1 Å². The highest BCUT2D eigenvalue weighted by Crippen LogP contribution is 2.66. The first-order chi connectivity index (χ1) is 15.4. The molecule has 1 aromatic rings. The van der Waals surface area contributed by atoms with Crippen LogP contribution in [0.4, 0.5) is 5.69 Å². The highest BCUT2D eigenvalue weighted by molar-refractivity contribution is 6.05. The van der Waals surface area contributed by atoms with Gasteiger partial charge >= 0.3 is 0 Å². The van der Waals surface area contributed by atoms with E-state index >= 15 is 0 Å². The van der Waals surface area contributed by atoms with Gasteiger partial charge in [0.15, 0.2) is 0 Å². The van der Waals surface area contributed by atoms with Crippen molar-refractivity contribution in [2.45, 2.75) is 69.1 Å². The van der Waals surface area contributed by atoms with Crippen LogP contribution < -0.4 is 5.32 Å². The molecule has 0 radical (unpaired) electrons. The van der Waals surface area contributed by atoms with Crippen molar-refractivity contribution in [2.75, 3.05) is 19.4 Å². The Morgan fingerprint density at radius 2 is 1.97 bits per heavy atom. The smallest absolute Gasteiger partial charge is 0.251 e. The van der Waals surface area contributed by atoms with E-state index in [0.717, 1.165) is 49.8 Å². The zero-order valence-corrected chi connectivity index (χ0v) is 19.5. The molecular weight excluding hydrogens is 396 g/mol. The minimum Gasteiger partial charge on any atom is -0.359 e. The molecule has 2 fully saturated rings. The number of nitrogens with one attached hydrogen (secondary N) is 1. The van der Waals surface area contributed by atoms with E-state index in [1.165, 1.54) is 17.6 Å².